The van der Waals surface area contributed by atoms with Crippen LogP contribution in [0.2, 0.25) is 0 Å². The van der Waals surface area contributed by atoms with E-state index >= 15 is 0 Å². The van der Waals surface area contributed by atoms with Gasteiger partial charge >= 0.3 is 0 Å². The van der Waals surface area contributed by atoms with Gasteiger partial charge in [-0.2, -0.15) is 0 Å². The predicted octanol–water partition coefficient (Wildman–Crippen LogP) is 1.72. The summed E-state index contributed by atoms with van der Waals surface area (Å²) in [6.07, 6.45) is 5.58. The molecule has 15 heavy (non-hydrogen) atoms. The second-order valence-corrected chi connectivity index (χ2v) is 5.04. The van der Waals surface area contributed by atoms with Crippen molar-refractivity contribution in [3.05, 3.63) is 0 Å². The number of amides is 1. The Balaban J connectivity index is 1.76. The third-order valence-electron chi connectivity index (χ3n) is 3.57. The fourth-order valence-electron chi connectivity index (χ4n) is 2.60. The summed E-state index contributed by atoms with van der Waals surface area (Å²) < 4.78 is 5.33. The molecule has 1 saturated carbocycles. The lowest BCUT2D eigenvalue weighted by atomic mass is 10.0. The van der Waals surface area contributed by atoms with Crippen molar-refractivity contribution in [2.45, 2.75) is 45.1 Å². The molecule has 1 heterocycles. The summed E-state index contributed by atoms with van der Waals surface area (Å²) in [5.74, 6) is 1.10. The van der Waals surface area contributed by atoms with E-state index < -0.39 is 0 Å². The Labute approximate surface area is 91.6 Å². The van der Waals surface area contributed by atoms with E-state index in [1.54, 1.807) is 0 Å². The van der Waals surface area contributed by atoms with Crippen molar-refractivity contribution in [1.29, 1.82) is 0 Å². The summed E-state index contributed by atoms with van der Waals surface area (Å²) in [5, 5.41) is 3.16. The summed E-state index contributed by atoms with van der Waals surface area (Å²) in [5.41, 5.74) is 0. The van der Waals surface area contributed by atoms with Crippen LogP contribution in [0.3, 0.4) is 0 Å². The van der Waals surface area contributed by atoms with Crippen molar-refractivity contribution < 1.29 is 9.53 Å². The molecule has 2 rings (SSSR count). The molecule has 1 saturated heterocycles. The quantitative estimate of drug-likeness (QED) is 0.755. The SMILES string of the molecule is CC1CCC(NC(=O)C2CCCOC2)C1. The third-order valence-corrected chi connectivity index (χ3v) is 3.57. The summed E-state index contributed by atoms with van der Waals surface area (Å²) in [4.78, 5) is 11.9. The highest BCUT2D eigenvalue weighted by molar-refractivity contribution is 5.79. The zero-order valence-corrected chi connectivity index (χ0v) is 9.50. The van der Waals surface area contributed by atoms with Crippen LogP contribution in [0.1, 0.15) is 39.0 Å². The number of hydrogen-bond acceptors (Lipinski definition) is 2. The van der Waals surface area contributed by atoms with E-state index in [1.165, 1.54) is 6.42 Å². The van der Waals surface area contributed by atoms with Crippen LogP contribution in [0.15, 0.2) is 0 Å². The number of carbonyl (C=O) groups is 1. The minimum Gasteiger partial charge on any atom is -0.381 e. The zero-order chi connectivity index (χ0) is 10.7. The topological polar surface area (TPSA) is 38.3 Å². The minimum atomic E-state index is 0.106. The van der Waals surface area contributed by atoms with Gasteiger partial charge in [0, 0.05) is 12.6 Å². The molecule has 3 nitrogen and oxygen atoms in total. The lowest BCUT2D eigenvalue weighted by Crippen LogP contribution is -2.40. The van der Waals surface area contributed by atoms with E-state index in [9.17, 15) is 4.79 Å². The van der Waals surface area contributed by atoms with Crippen molar-refractivity contribution in [1.82, 2.24) is 5.32 Å². The first-order chi connectivity index (χ1) is 7.25. The van der Waals surface area contributed by atoms with Gasteiger partial charge in [-0.05, 0) is 38.0 Å². The number of nitrogens with one attached hydrogen (secondary N) is 1. The standard InChI is InChI=1S/C12H21NO2/c1-9-4-5-11(7-9)13-12(14)10-3-2-6-15-8-10/h9-11H,2-8H2,1H3,(H,13,14). The smallest absolute Gasteiger partial charge is 0.225 e. The maximum absolute atomic E-state index is 11.9. The molecule has 3 unspecified atom stereocenters. The maximum Gasteiger partial charge on any atom is 0.225 e. The summed E-state index contributed by atoms with van der Waals surface area (Å²) in [6, 6.07) is 0.425. The zero-order valence-electron chi connectivity index (χ0n) is 9.50. The summed E-state index contributed by atoms with van der Waals surface area (Å²) in [6.45, 7) is 3.70. The average molecular weight is 211 g/mol. The molecule has 0 radical (unpaired) electrons. The molecule has 2 fully saturated rings. The first-order valence-corrected chi connectivity index (χ1v) is 6.14. The molecule has 0 bridgehead atoms. The van der Waals surface area contributed by atoms with Crippen LogP contribution in [0.25, 0.3) is 0 Å². The molecule has 0 aromatic rings. The van der Waals surface area contributed by atoms with Gasteiger partial charge in [-0.25, -0.2) is 0 Å². The van der Waals surface area contributed by atoms with E-state index in [-0.39, 0.29) is 11.8 Å². The van der Waals surface area contributed by atoms with Gasteiger partial charge in [0.15, 0.2) is 0 Å². The summed E-state index contributed by atoms with van der Waals surface area (Å²) in [7, 11) is 0. The molecule has 0 aromatic carbocycles. The van der Waals surface area contributed by atoms with Gasteiger partial charge in [0.2, 0.25) is 5.91 Å². The monoisotopic (exact) mass is 211 g/mol. The van der Waals surface area contributed by atoms with Gasteiger partial charge in [0.05, 0.1) is 12.5 Å². The molecule has 0 spiro atoms. The molecule has 2 aliphatic rings. The van der Waals surface area contributed by atoms with Crippen LogP contribution in [-0.2, 0) is 9.53 Å². The largest absolute Gasteiger partial charge is 0.381 e. The minimum absolute atomic E-state index is 0.106. The Morgan fingerprint density at radius 3 is 2.80 bits per heavy atom. The van der Waals surface area contributed by atoms with Crippen molar-refractivity contribution >= 4 is 5.91 Å². The fourth-order valence-corrected chi connectivity index (χ4v) is 2.60. The first-order valence-electron chi connectivity index (χ1n) is 6.14. The van der Waals surface area contributed by atoms with E-state index in [0.717, 1.165) is 38.2 Å². The molecule has 1 N–H and O–H groups in total. The number of carbonyl (C=O) groups excluding carboxylic acids is 1. The van der Waals surface area contributed by atoms with E-state index in [2.05, 4.69) is 12.2 Å². The molecule has 3 atom stereocenters. The molecule has 1 amide bonds. The third kappa shape index (κ3) is 2.94. The normalized spacial score (nSPS) is 36.5. The molecular formula is C12H21NO2. The van der Waals surface area contributed by atoms with Crippen LogP contribution in [0.4, 0.5) is 0 Å². The molecule has 1 aliphatic carbocycles. The first kappa shape index (κ1) is 10.9. The van der Waals surface area contributed by atoms with Gasteiger partial charge < -0.3 is 10.1 Å². The van der Waals surface area contributed by atoms with Crippen LogP contribution in [0, 0.1) is 11.8 Å². The highest BCUT2D eigenvalue weighted by Crippen LogP contribution is 2.25. The van der Waals surface area contributed by atoms with Gasteiger partial charge in [-0.3, -0.25) is 4.79 Å². The fraction of sp³-hybridized carbons (Fsp3) is 0.917. The van der Waals surface area contributed by atoms with Gasteiger partial charge in [0.1, 0.15) is 0 Å². The molecule has 3 heteroatoms. The molecule has 0 aromatic heterocycles. The molecular weight excluding hydrogens is 190 g/mol. The number of rotatable bonds is 2. The maximum atomic E-state index is 11.9. The van der Waals surface area contributed by atoms with Crippen LogP contribution in [-0.4, -0.2) is 25.2 Å². The Kier molecular flexibility index (Phi) is 3.62. The molecule has 86 valence electrons. The van der Waals surface area contributed by atoms with E-state index in [1.807, 2.05) is 0 Å². The van der Waals surface area contributed by atoms with Gasteiger partial charge in [0.25, 0.3) is 0 Å². The van der Waals surface area contributed by atoms with Crippen LogP contribution in [0.5, 0.6) is 0 Å². The Morgan fingerprint density at radius 2 is 2.20 bits per heavy atom. The predicted molar refractivity (Wildman–Crippen MR) is 58.5 cm³/mol. The second kappa shape index (κ2) is 4.97. The van der Waals surface area contributed by atoms with Crippen LogP contribution >= 0.6 is 0 Å². The van der Waals surface area contributed by atoms with Crippen LogP contribution < -0.4 is 5.32 Å². The van der Waals surface area contributed by atoms with Crippen molar-refractivity contribution in [3.63, 3.8) is 0 Å². The molecule has 1 aliphatic heterocycles. The Morgan fingerprint density at radius 1 is 1.33 bits per heavy atom. The lowest BCUT2D eigenvalue weighted by molar-refractivity contribution is -0.129. The van der Waals surface area contributed by atoms with E-state index in [0.29, 0.717) is 12.6 Å². The highest BCUT2D eigenvalue weighted by atomic mass is 16.5. The second-order valence-electron chi connectivity index (χ2n) is 5.04. The summed E-state index contributed by atoms with van der Waals surface area (Å²) >= 11 is 0. The highest BCUT2D eigenvalue weighted by Gasteiger charge is 2.27. The van der Waals surface area contributed by atoms with E-state index in [4.69, 9.17) is 4.74 Å². The van der Waals surface area contributed by atoms with Gasteiger partial charge in [-0.1, -0.05) is 6.92 Å². The lowest BCUT2D eigenvalue weighted by Gasteiger charge is -2.23. The average Bonchev–Trinajstić information content (AvgIpc) is 2.65. The number of ether oxygens (including phenoxy) is 1. The van der Waals surface area contributed by atoms with Crippen molar-refractivity contribution in [2.75, 3.05) is 13.2 Å². The van der Waals surface area contributed by atoms with Crippen molar-refractivity contribution in [3.8, 4) is 0 Å². The number of hydrogen-bond donors (Lipinski definition) is 1. The Bertz CT molecular complexity index is 224. The van der Waals surface area contributed by atoms with Gasteiger partial charge in [-0.15, -0.1) is 0 Å². The Hall–Kier alpha value is -0.570. The van der Waals surface area contributed by atoms with Crippen molar-refractivity contribution in [2.24, 2.45) is 11.8 Å².